The first-order valence-electron chi connectivity index (χ1n) is 14.5. The molecule has 0 bridgehead atoms. The Kier molecular flexibility index (Phi) is 12.5. The summed E-state index contributed by atoms with van der Waals surface area (Å²) in [5, 5.41) is 14.4. The molecule has 0 spiro atoms. The van der Waals surface area contributed by atoms with E-state index in [1.54, 1.807) is 19.2 Å². The second-order valence-electron chi connectivity index (χ2n) is 12.2. The molecule has 2 aromatic carbocycles. The summed E-state index contributed by atoms with van der Waals surface area (Å²) in [5.74, 6) is 0.686. The molecular formula is C32H45ClN4O6. The molecule has 2 heterocycles. The number of carbonyl (C=O) groups is 1. The summed E-state index contributed by atoms with van der Waals surface area (Å²) in [4.78, 5) is 18.8. The van der Waals surface area contributed by atoms with Crippen LogP contribution in [0.3, 0.4) is 0 Å². The van der Waals surface area contributed by atoms with Crippen LogP contribution >= 0.6 is 11.6 Å². The monoisotopic (exact) mass is 616 g/mol. The lowest BCUT2D eigenvalue weighted by Crippen LogP contribution is -2.46. The number of aliphatic carboxylic acids is 1. The van der Waals surface area contributed by atoms with Gasteiger partial charge in [0.15, 0.2) is 0 Å². The SMILES string of the molecule is CC(C)(C)N.COCCOCC1(C(=O)O)CCN(Cc2ccc(-c3noc(-c4ccc(OC(C)C)c(Cl)c4)n3)cc2)CC1. The van der Waals surface area contributed by atoms with Crippen molar-refractivity contribution in [3.8, 4) is 28.6 Å². The third kappa shape index (κ3) is 10.9. The molecule has 0 amide bonds. The second kappa shape index (κ2) is 15.6. The molecule has 10 nitrogen and oxygen atoms in total. The van der Waals surface area contributed by atoms with Gasteiger partial charge in [-0.05, 0) is 84.3 Å². The Bertz CT molecular complexity index is 1290. The molecule has 0 unspecified atom stereocenters. The van der Waals surface area contributed by atoms with Crippen LogP contribution in [0.15, 0.2) is 47.0 Å². The minimum Gasteiger partial charge on any atom is -0.489 e. The molecule has 11 heteroatoms. The zero-order valence-electron chi connectivity index (χ0n) is 26.1. The Hall–Kier alpha value is -3.02. The molecule has 1 fully saturated rings. The van der Waals surface area contributed by atoms with Gasteiger partial charge in [0, 0.05) is 30.3 Å². The smallest absolute Gasteiger partial charge is 0.312 e. The highest BCUT2D eigenvalue weighted by Gasteiger charge is 2.41. The maximum absolute atomic E-state index is 12.0. The largest absolute Gasteiger partial charge is 0.489 e. The first-order chi connectivity index (χ1) is 20.3. The number of hydrogen-bond acceptors (Lipinski definition) is 9. The van der Waals surface area contributed by atoms with Crippen molar-refractivity contribution in [3.05, 3.63) is 53.1 Å². The van der Waals surface area contributed by atoms with Crippen molar-refractivity contribution < 1.29 is 28.6 Å². The summed E-state index contributed by atoms with van der Waals surface area (Å²) < 4.78 is 21.7. The first kappa shape index (κ1) is 34.5. The van der Waals surface area contributed by atoms with E-state index in [-0.39, 0.29) is 18.2 Å². The number of benzene rings is 2. The topological polar surface area (TPSA) is 133 Å². The van der Waals surface area contributed by atoms with Crippen LogP contribution in [0.2, 0.25) is 5.02 Å². The Morgan fingerprint density at radius 2 is 1.74 bits per heavy atom. The summed E-state index contributed by atoms with van der Waals surface area (Å²) >= 11 is 6.35. The fourth-order valence-corrected chi connectivity index (χ4v) is 4.65. The number of halogens is 1. The average molecular weight is 617 g/mol. The number of aromatic nitrogens is 2. The van der Waals surface area contributed by atoms with Gasteiger partial charge in [-0.15, -0.1) is 0 Å². The third-order valence-corrected chi connectivity index (χ3v) is 6.96. The second-order valence-corrected chi connectivity index (χ2v) is 12.6. The van der Waals surface area contributed by atoms with Crippen LogP contribution in [-0.4, -0.2) is 77.8 Å². The Balaban J connectivity index is 0.000000934. The number of likely N-dealkylation sites (tertiary alicyclic amines) is 1. The summed E-state index contributed by atoms with van der Waals surface area (Å²) in [5.41, 5.74) is 7.20. The number of ether oxygens (including phenoxy) is 3. The molecule has 1 aromatic heterocycles. The first-order valence-corrected chi connectivity index (χ1v) is 14.9. The van der Waals surface area contributed by atoms with E-state index in [0.29, 0.717) is 67.2 Å². The van der Waals surface area contributed by atoms with Crippen molar-refractivity contribution in [1.82, 2.24) is 15.0 Å². The van der Waals surface area contributed by atoms with Gasteiger partial charge in [0.1, 0.15) is 5.75 Å². The zero-order chi connectivity index (χ0) is 31.6. The van der Waals surface area contributed by atoms with Crippen LogP contribution in [0.1, 0.15) is 53.0 Å². The summed E-state index contributed by atoms with van der Waals surface area (Å²) in [6, 6.07) is 13.4. The highest BCUT2D eigenvalue weighted by Crippen LogP contribution is 2.34. The Morgan fingerprint density at radius 3 is 2.30 bits per heavy atom. The minimum absolute atomic E-state index is 0. The Labute approximate surface area is 259 Å². The Morgan fingerprint density at radius 1 is 1.12 bits per heavy atom. The summed E-state index contributed by atoms with van der Waals surface area (Å²) in [6.45, 7) is 13.0. The van der Waals surface area contributed by atoms with Crippen LogP contribution in [-0.2, 0) is 20.8 Å². The van der Waals surface area contributed by atoms with E-state index in [1.165, 1.54) is 0 Å². The van der Waals surface area contributed by atoms with Crippen LogP contribution in [0.25, 0.3) is 22.8 Å². The van der Waals surface area contributed by atoms with E-state index in [1.807, 2.05) is 65.0 Å². The molecule has 0 radical (unpaired) electrons. The van der Waals surface area contributed by atoms with Gasteiger partial charge in [-0.25, -0.2) is 0 Å². The maximum Gasteiger partial charge on any atom is 0.312 e. The van der Waals surface area contributed by atoms with Crippen molar-refractivity contribution in [2.45, 2.75) is 65.6 Å². The molecule has 0 atom stereocenters. The van der Waals surface area contributed by atoms with E-state index in [9.17, 15) is 9.90 Å². The molecule has 236 valence electrons. The average Bonchev–Trinajstić information content (AvgIpc) is 3.43. The lowest BCUT2D eigenvalue weighted by molar-refractivity contribution is -0.157. The number of nitrogens with two attached hydrogens (primary N) is 1. The van der Waals surface area contributed by atoms with Gasteiger partial charge in [-0.3, -0.25) is 9.69 Å². The molecule has 1 saturated heterocycles. The molecular weight excluding hydrogens is 572 g/mol. The minimum atomic E-state index is -0.837. The number of hydrogen-bond donors (Lipinski definition) is 2. The van der Waals surface area contributed by atoms with Crippen molar-refractivity contribution in [2.24, 2.45) is 11.1 Å². The van der Waals surface area contributed by atoms with E-state index in [4.69, 9.17) is 36.1 Å². The van der Waals surface area contributed by atoms with Gasteiger partial charge < -0.3 is 29.6 Å². The molecule has 3 N–H and O–H groups in total. The van der Waals surface area contributed by atoms with Gasteiger partial charge in [0.2, 0.25) is 5.82 Å². The molecule has 3 aromatic rings. The predicted molar refractivity (Wildman–Crippen MR) is 167 cm³/mol. The van der Waals surface area contributed by atoms with E-state index < -0.39 is 11.4 Å². The number of piperidine rings is 1. The van der Waals surface area contributed by atoms with Gasteiger partial charge in [0.25, 0.3) is 5.89 Å². The predicted octanol–water partition coefficient (Wildman–Crippen LogP) is 5.92. The quantitative estimate of drug-likeness (QED) is 0.236. The number of carboxylic acids is 1. The van der Waals surface area contributed by atoms with Gasteiger partial charge in [-0.2, -0.15) is 4.98 Å². The van der Waals surface area contributed by atoms with Crippen molar-refractivity contribution in [1.29, 1.82) is 0 Å². The third-order valence-electron chi connectivity index (χ3n) is 6.66. The zero-order valence-corrected chi connectivity index (χ0v) is 26.8. The molecule has 4 rings (SSSR count). The van der Waals surface area contributed by atoms with Crippen molar-refractivity contribution in [3.63, 3.8) is 0 Å². The van der Waals surface area contributed by atoms with Gasteiger partial charge in [-0.1, -0.05) is 41.0 Å². The summed E-state index contributed by atoms with van der Waals surface area (Å²) in [6.07, 6.45) is 1.12. The lowest BCUT2D eigenvalue weighted by atomic mass is 9.79. The molecule has 0 aliphatic carbocycles. The van der Waals surface area contributed by atoms with E-state index in [2.05, 4.69) is 15.0 Å². The number of carboxylic acid groups (broad SMARTS) is 1. The standard InChI is InChI=1S/C28H34ClN3O6.C4H11N/c1-19(2)37-24-9-8-22(16-23(24)29)26-30-25(31-38-26)21-6-4-20(5-7-21)17-32-12-10-28(11-13-32,27(33)34)18-36-15-14-35-3;1-4(2,3)5/h4-9,16,19H,10-15,17-18H2,1-3H3,(H,33,34);5H2,1-3H3. The lowest BCUT2D eigenvalue weighted by Gasteiger charge is -2.38. The van der Waals surface area contributed by atoms with Gasteiger partial charge >= 0.3 is 5.97 Å². The van der Waals surface area contributed by atoms with Gasteiger partial charge in [0.05, 0.1) is 36.4 Å². The van der Waals surface area contributed by atoms with Crippen LogP contribution < -0.4 is 10.5 Å². The van der Waals surface area contributed by atoms with Crippen LogP contribution in [0.4, 0.5) is 0 Å². The fraction of sp³-hybridized carbons (Fsp3) is 0.531. The molecule has 1 aliphatic heterocycles. The normalized spacial score (nSPS) is 15.2. The van der Waals surface area contributed by atoms with Crippen LogP contribution in [0, 0.1) is 5.41 Å². The van der Waals surface area contributed by atoms with E-state index in [0.717, 1.165) is 17.7 Å². The maximum atomic E-state index is 12.0. The number of rotatable bonds is 12. The summed E-state index contributed by atoms with van der Waals surface area (Å²) in [7, 11) is 1.60. The number of methoxy groups -OCH3 is 1. The highest BCUT2D eigenvalue weighted by molar-refractivity contribution is 6.32. The highest BCUT2D eigenvalue weighted by atomic mass is 35.5. The molecule has 1 aliphatic rings. The van der Waals surface area contributed by atoms with Crippen molar-refractivity contribution >= 4 is 17.6 Å². The van der Waals surface area contributed by atoms with E-state index >= 15 is 0 Å². The molecule has 0 saturated carbocycles. The van der Waals surface area contributed by atoms with Crippen LogP contribution in [0.5, 0.6) is 5.75 Å². The number of nitrogens with zero attached hydrogens (tertiary/aromatic N) is 3. The fourth-order valence-electron chi connectivity index (χ4n) is 4.43. The van der Waals surface area contributed by atoms with Crippen molar-refractivity contribution in [2.75, 3.05) is 40.0 Å². The molecule has 43 heavy (non-hydrogen) atoms.